The molecular formula is C18H17F3N5O2S+. The molecule has 0 unspecified atom stereocenters. The molecule has 0 aliphatic rings. The maximum Gasteiger partial charge on any atom is 0.434 e. The first-order chi connectivity index (χ1) is 13.5. The first kappa shape index (κ1) is 20.5. The zero-order chi connectivity index (χ0) is 21.4. The maximum absolute atomic E-state index is 13.2. The molecule has 0 bridgehead atoms. The highest BCUT2D eigenvalue weighted by molar-refractivity contribution is 7.84. The number of hydrogen-bond donors (Lipinski definition) is 2. The Bertz CT molecular complexity index is 1180. The Balaban J connectivity index is 2.13. The van der Waals surface area contributed by atoms with Gasteiger partial charge in [0.05, 0.1) is 0 Å². The number of pyridine rings is 1. The van der Waals surface area contributed by atoms with Crippen molar-refractivity contribution >= 4 is 15.9 Å². The summed E-state index contributed by atoms with van der Waals surface area (Å²) in [5.74, 6) is 0.0288. The number of benzene rings is 1. The molecule has 0 aliphatic heterocycles. The van der Waals surface area contributed by atoms with E-state index in [9.17, 15) is 21.6 Å². The SMILES string of the molecule is CC(N)=[NH+]S(=O)(=O)c1ccc(-n2cc(C(F)(F)F)nc2-c2cncc(C)c2)cc1. The van der Waals surface area contributed by atoms with Gasteiger partial charge < -0.3 is 0 Å². The van der Waals surface area contributed by atoms with Gasteiger partial charge in [-0.3, -0.25) is 15.3 Å². The molecule has 29 heavy (non-hydrogen) atoms. The van der Waals surface area contributed by atoms with Crippen LogP contribution in [-0.2, 0) is 16.2 Å². The number of sulfonamides is 1. The standard InChI is InChI=1S/C18H16F3N5O2S/c1-11-7-13(9-23-8-11)17-24-16(18(19,20)21)10-26(17)14-3-5-15(6-4-14)29(27,28)25-12(2)22/h3-10H,1-2H3,(H2,22,25)/p+1. The molecule has 0 saturated heterocycles. The van der Waals surface area contributed by atoms with E-state index in [1.165, 1.54) is 42.0 Å². The first-order valence-corrected chi connectivity index (χ1v) is 9.76. The lowest BCUT2D eigenvalue weighted by atomic mass is 10.2. The summed E-state index contributed by atoms with van der Waals surface area (Å²) >= 11 is 0. The Morgan fingerprint density at radius 1 is 1.17 bits per heavy atom. The number of halogens is 3. The lowest BCUT2D eigenvalue weighted by Crippen LogP contribution is -2.77. The van der Waals surface area contributed by atoms with E-state index in [-0.39, 0.29) is 16.6 Å². The zero-order valence-electron chi connectivity index (χ0n) is 15.4. The van der Waals surface area contributed by atoms with Gasteiger partial charge in [0, 0.05) is 36.8 Å². The number of nitrogens with zero attached hydrogens (tertiary/aromatic N) is 3. The van der Waals surface area contributed by atoms with Crippen molar-refractivity contribution in [1.29, 1.82) is 0 Å². The summed E-state index contributed by atoms with van der Waals surface area (Å²) in [6.07, 6.45) is -0.796. The van der Waals surface area contributed by atoms with Crippen molar-refractivity contribution in [2.24, 2.45) is 5.73 Å². The molecule has 0 spiro atoms. The van der Waals surface area contributed by atoms with Crippen molar-refractivity contribution in [2.75, 3.05) is 0 Å². The van der Waals surface area contributed by atoms with Crippen LogP contribution in [0.4, 0.5) is 13.2 Å². The average molecular weight is 424 g/mol. The highest BCUT2D eigenvalue weighted by Gasteiger charge is 2.35. The Labute approximate surface area is 164 Å². The lowest BCUT2D eigenvalue weighted by molar-refractivity contribution is -0.269. The summed E-state index contributed by atoms with van der Waals surface area (Å²) in [7, 11) is -3.87. The predicted molar refractivity (Wildman–Crippen MR) is 99.6 cm³/mol. The molecule has 1 aromatic carbocycles. The van der Waals surface area contributed by atoms with E-state index in [1.54, 1.807) is 19.2 Å². The van der Waals surface area contributed by atoms with Gasteiger partial charge in [-0.05, 0) is 42.8 Å². The number of aromatic nitrogens is 3. The van der Waals surface area contributed by atoms with E-state index in [2.05, 4.69) is 14.4 Å². The number of aryl methyl sites for hydroxylation is 1. The molecule has 11 heteroatoms. The maximum atomic E-state index is 13.2. The van der Waals surface area contributed by atoms with Crippen LogP contribution < -0.4 is 10.1 Å². The minimum absolute atomic E-state index is 0.00672. The molecule has 0 aliphatic carbocycles. The third-order valence-corrected chi connectivity index (χ3v) is 5.33. The highest BCUT2D eigenvalue weighted by Crippen LogP contribution is 2.32. The fourth-order valence-electron chi connectivity index (χ4n) is 2.65. The monoisotopic (exact) mass is 424 g/mol. The summed E-state index contributed by atoms with van der Waals surface area (Å²) in [6, 6.07) is 6.97. The normalized spacial score (nSPS) is 12.9. The summed E-state index contributed by atoms with van der Waals surface area (Å²) in [5.41, 5.74) is 5.76. The average Bonchev–Trinajstić information content (AvgIpc) is 3.06. The Morgan fingerprint density at radius 3 is 2.38 bits per heavy atom. The van der Waals surface area contributed by atoms with E-state index in [0.717, 1.165) is 11.8 Å². The zero-order valence-corrected chi connectivity index (χ0v) is 16.2. The van der Waals surface area contributed by atoms with Gasteiger partial charge >= 0.3 is 16.2 Å². The molecule has 152 valence electrons. The molecule has 3 N–H and O–H groups in total. The minimum Gasteiger partial charge on any atom is -0.299 e. The molecule has 0 atom stereocenters. The molecule has 0 saturated carbocycles. The van der Waals surface area contributed by atoms with Gasteiger partial charge in [0.25, 0.3) is 5.84 Å². The molecule has 2 aromatic heterocycles. The van der Waals surface area contributed by atoms with Gasteiger partial charge in [0.15, 0.2) is 5.69 Å². The van der Waals surface area contributed by atoms with Crippen LogP contribution in [0.5, 0.6) is 0 Å². The predicted octanol–water partition coefficient (Wildman–Crippen LogP) is 1.41. The number of amidine groups is 1. The van der Waals surface area contributed by atoms with Gasteiger partial charge in [-0.25, -0.2) is 4.98 Å². The van der Waals surface area contributed by atoms with Gasteiger partial charge in [-0.1, -0.05) is 0 Å². The fourth-order valence-corrected chi connectivity index (χ4v) is 3.69. The second kappa shape index (κ2) is 7.32. The first-order valence-electron chi connectivity index (χ1n) is 8.28. The second-order valence-corrected chi connectivity index (χ2v) is 8.03. The van der Waals surface area contributed by atoms with Crippen LogP contribution in [0.3, 0.4) is 0 Å². The van der Waals surface area contributed by atoms with Crippen LogP contribution in [0.2, 0.25) is 0 Å². The van der Waals surface area contributed by atoms with E-state index in [1.807, 2.05) is 0 Å². The molecule has 0 radical (unpaired) electrons. The summed E-state index contributed by atoms with van der Waals surface area (Å²) < 4.78 is 67.4. The Kier molecular flexibility index (Phi) is 5.18. The van der Waals surface area contributed by atoms with Crippen LogP contribution in [0, 0.1) is 6.92 Å². The fraction of sp³-hybridized carbons (Fsp3) is 0.167. The second-order valence-electron chi connectivity index (χ2n) is 6.35. The van der Waals surface area contributed by atoms with Crippen LogP contribution >= 0.6 is 0 Å². The Morgan fingerprint density at radius 2 is 1.83 bits per heavy atom. The number of rotatable bonds is 4. The van der Waals surface area contributed by atoms with Gasteiger partial charge in [-0.2, -0.15) is 26.0 Å². The summed E-state index contributed by atoms with van der Waals surface area (Å²) in [6.45, 7) is 3.15. The number of nitrogens with one attached hydrogen (secondary N) is 1. The van der Waals surface area contributed by atoms with Crippen molar-refractivity contribution in [3.05, 3.63) is 60.2 Å². The number of hydrogen-bond acceptors (Lipinski definition) is 4. The van der Waals surface area contributed by atoms with Crippen LogP contribution in [0.1, 0.15) is 18.2 Å². The van der Waals surface area contributed by atoms with E-state index in [4.69, 9.17) is 5.73 Å². The number of alkyl halides is 3. The van der Waals surface area contributed by atoms with Crippen molar-refractivity contribution in [2.45, 2.75) is 24.9 Å². The Hall–Kier alpha value is -3.21. The van der Waals surface area contributed by atoms with E-state index in [0.29, 0.717) is 11.3 Å². The van der Waals surface area contributed by atoms with Crippen molar-refractivity contribution in [3.63, 3.8) is 0 Å². The topological polar surface area (TPSA) is 105 Å². The molecule has 0 amide bonds. The third kappa shape index (κ3) is 4.45. The largest absolute Gasteiger partial charge is 0.434 e. The van der Waals surface area contributed by atoms with Gasteiger partial charge in [-0.15, -0.1) is 0 Å². The quantitative estimate of drug-likeness (QED) is 0.487. The van der Waals surface area contributed by atoms with Crippen LogP contribution in [0.25, 0.3) is 17.1 Å². The lowest BCUT2D eigenvalue weighted by Gasteiger charge is -2.08. The van der Waals surface area contributed by atoms with Gasteiger partial charge in [0.2, 0.25) is 0 Å². The molecule has 7 nitrogen and oxygen atoms in total. The van der Waals surface area contributed by atoms with Crippen molar-refractivity contribution in [1.82, 2.24) is 14.5 Å². The molecular weight excluding hydrogens is 407 g/mol. The highest BCUT2D eigenvalue weighted by atomic mass is 32.2. The number of nitrogens with two attached hydrogens (primary N) is 1. The molecule has 0 fully saturated rings. The number of imidazole rings is 1. The molecule has 2 heterocycles. The van der Waals surface area contributed by atoms with E-state index >= 15 is 0 Å². The van der Waals surface area contributed by atoms with E-state index < -0.39 is 21.9 Å². The van der Waals surface area contributed by atoms with Crippen LogP contribution in [-0.4, -0.2) is 28.8 Å². The van der Waals surface area contributed by atoms with Crippen LogP contribution in [0.15, 0.2) is 53.8 Å². The molecule has 3 aromatic rings. The summed E-state index contributed by atoms with van der Waals surface area (Å²) in [4.78, 5) is 7.65. The summed E-state index contributed by atoms with van der Waals surface area (Å²) in [5, 5.41) is 0. The smallest absolute Gasteiger partial charge is 0.299 e. The minimum atomic E-state index is -4.64. The van der Waals surface area contributed by atoms with Crippen molar-refractivity contribution < 1.29 is 26.0 Å². The molecule has 3 rings (SSSR count). The third-order valence-electron chi connectivity index (χ3n) is 3.85. The van der Waals surface area contributed by atoms with Crippen molar-refractivity contribution in [3.8, 4) is 17.1 Å². The van der Waals surface area contributed by atoms with Gasteiger partial charge in [0.1, 0.15) is 10.7 Å².